The molecule has 4 nitrogen and oxygen atoms in total. The molecule has 0 aromatic rings. The van der Waals surface area contributed by atoms with E-state index in [9.17, 15) is 0 Å². The lowest BCUT2D eigenvalue weighted by molar-refractivity contribution is 0.572. The van der Waals surface area contributed by atoms with Crippen LogP contribution in [0, 0.1) is 0 Å². The van der Waals surface area contributed by atoms with Gasteiger partial charge in [-0.2, -0.15) is 0 Å². The van der Waals surface area contributed by atoms with Crippen molar-refractivity contribution in [3.8, 4) is 0 Å². The number of hydrogen-bond donors (Lipinski definition) is 4. The largest absolute Gasteiger partial charge is 0.366 e. The van der Waals surface area contributed by atoms with Crippen LogP contribution in [0.3, 0.4) is 0 Å². The van der Waals surface area contributed by atoms with Crippen molar-refractivity contribution in [1.29, 1.82) is 0 Å². The Morgan fingerprint density at radius 1 is 0.750 bits per heavy atom. The lowest BCUT2D eigenvalue weighted by Crippen LogP contribution is -2.83. The third kappa shape index (κ3) is 6.60. The van der Waals surface area contributed by atoms with Gasteiger partial charge in [0, 0.05) is 0 Å². The van der Waals surface area contributed by atoms with Gasteiger partial charge in [0.1, 0.15) is 0 Å². The topological polar surface area (TPSA) is 48.1 Å². The van der Waals surface area contributed by atoms with E-state index in [0.29, 0.717) is 18.1 Å². The van der Waals surface area contributed by atoms with Gasteiger partial charge in [-0.15, -0.1) is 0 Å². The molecule has 0 saturated carbocycles. The predicted octanol–water partition coefficient (Wildman–Crippen LogP) is 1.03. The second-order valence-corrected chi connectivity index (χ2v) is 7.90. The molecule has 0 aromatic carbocycles. The van der Waals surface area contributed by atoms with Crippen LogP contribution in [0.1, 0.15) is 48.5 Å². The maximum Gasteiger partial charge on any atom is 0.366 e. The van der Waals surface area contributed by atoms with Crippen LogP contribution in [-0.4, -0.2) is 33.4 Å². The summed E-state index contributed by atoms with van der Waals surface area (Å²) in [6, 6.07) is 1.38. The molecule has 0 aliphatic rings. The fourth-order valence-corrected chi connectivity index (χ4v) is 5.53. The van der Waals surface area contributed by atoms with Crippen LogP contribution in [0.5, 0.6) is 0 Å². The summed E-state index contributed by atoms with van der Waals surface area (Å²) in [6.07, 6.45) is 0. The molecule has 0 fully saturated rings. The second-order valence-electron chi connectivity index (χ2n) is 5.18. The van der Waals surface area contributed by atoms with E-state index in [1.54, 1.807) is 0 Å². The van der Waals surface area contributed by atoms with Gasteiger partial charge in [0.05, 0.1) is 0 Å². The van der Waals surface area contributed by atoms with E-state index in [4.69, 9.17) is 0 Å². The third-order valence-electron chi connectivity index (χ3n) is 1.96. The summed E-state index contributed by atoms with van der Waals surface area (Å²) in [4.78, 5) is 14.6. The van der Waals surface area contributed by atoms with Gasteiger partial charge in [0.2, 0.25) is 0 Å². The van der Waals surface area contributed by atoms with Gasteiger partial charge in [0.15, 0.2) is 0 Å². The van der Waals surface area contributed by atoms with Gasteiger partial charge in [-0.3, -0.25) is 14.9 Å². The van der Waals surface area contributed by atoms with Crippen LogP contribution in [-0.2, 0) is 0 Å². The van der Waals surface area contributed by atoms with E-state index in [1.165, 1.54) is 0 Å². The molecule has 0 amide bonds. The molecule has 0 aromatic heterocycles. The fraction of sp³-hybridized carbons (Fsp3) is 1.00. The highest BCUT2D eigenvalue weighted by Crippen LogP contribution is 1.94. The molecule has 0 bridgehead atoms. The summed E-state index contributed by atoms with van der Waals surface area (Å²) in [5, 5.41) is 0. The molecule has 4 N–H and O–H groups in total. The monoisotopic (exact) mass is 246 g/mol. The standard InChI is InChI=1S/C11H30N4Si/c1-8-12-16(13-9(2)3,14-10(4)5)15-11(6)7/h9-15H,8H2,1-7H3. The van der Waals surface area contributed by atoms with Crippen molar-refractivity contribution in [2.24, 2.45) is 0 Å². The van der Waals surface area contributed by atoms with Crippen molar-refractivity contribution in [3.05, 3.63) is 0 Å². The molecule has 98 valence electrons. The van der Waals surface area contributed by atoms with Crippen LogP contribution >= 0.6 is 0 Å². The van der Waals surface area contributed by atoms with E-state index in [0.717, 1.165) is 6.54 Å². The molecule has 16 heavy (non-hydrogen) atoms. The van der Waals surface area contributed by atoms with Crippen molar-refractivity contribution in [3.63, 3.8) is 0 Å². The van der Waals surface area contributed by atoms with Crippen LogP contribution in [0.25, 0.3) is 0 Å². The van der Waals surface area contributed by atoms with Crippen LogP contribution in [0.4, 0.5) is 0 Å². The Bertz CT molecular complexity index is 156. The van der Waals surface area contributed by atoms with Crippen LogP contribution in [0.15, 0.2) is 0 Å². The highest BCUT2D eigenvalue weighted by Gasteiger charge is 2.35. The Balaban J connectivity index is 4.72. The molecular weight excluding hydrogens is 216 g/mol. The quantitative estimate of drug-likeness (QED) is 0.483. The molecule has 0 aliphatic heterocycles. The Hall–Kier alpha value is 0.0569. The number of hydrogen-bond acceptors (Lipinski definition) is 4. The molecule has 5 heteroatoms. The Morgan fingerprint density at radius 3 is 1.25 bits per heavy atom. The second kappa shape index (κ2) is 7.40. The van der Waals surface area contributed by atoms with Crippen LogP contribution < -0.4 is 19.9 Å². The average molecular weight is 246 g/mol. The SMILES string of the molecule is CCN[Si](NC(C)C)(NC(C)C)NC(C)C. The maximum atomic E-state index is 3.66. The summed E-state index contributed by atoms with van der Waals surface area (Å²) < 4.78 is 0. The molecule has 0 unspecified atom stereocenters. The first-order chi connectivity index (χ1) is 7.31. The minimum Gasteiger partial charge on any atom is -0.301 e. The van der Waals surface area contributed by atoms with E-state index in [-0.39, 0.29) is 0 Å². The molecule has 0 heterocycles. The normalized spacial score (nSPS) is 13.1. The van der Waals surface area contributed by atoms with Crippen molar-refractivity contribution in [2.75, 3.05) is 6.54 Å². The highest BCUT2D eigenvalue weighted by molar-refractivity contribution is 6.70. The number of nitrogens with one attached hydrogen (secondary N) is 4. The van der Waals surface area contributed by atoms with Gasteiger partial charge in [-0.1, -0.05) is 48.5 Å². The van der Waals surface area contributed by atoms with Crippen molar-refractivity contribution < 1.29 is 0 Å². The Labute approximate surface area is 102 Å². The van der Waals surface area contributed by atoms with Gasteiger partial charge in [0.25, 0.3) is 0 Å². The molecular formula is C11H30N4Si. The Kier molecular flexibility index (Phi) is 7.42. The smallest absolute Gasteiger partial charge is 0.301 e. The molecule has 0 aliphatic carbocycles. The average Bonchev–Trinajstić information content (AvgIpc) is 1.98. The zero-order valence-electron chi connectivity index (χ0n) is 11.9. The van der Waals surface area contributed by atoms with Crippen molar-refractivity contribution in [2.45, 2.75) is 66.6 Å². The predicted molar refractivity (Wildman–Crippen MR) is 74.2 cm³/mol. The first kappa shape index (κ1) is 16.1. The molecule has 0 radical (unpaired) electrons. The van der Waals surface area contributed by atoms with Gasteiger partial charge >= 0.3 is 8.72 Å². The van der Waals surface area contributed by atoms with Crippen molar-refractivity contribution in [1.82, 2.24) is 19.9 Å². The number of rotatable bonds is 8. The summed E-state index contributed by atoms with van der Waals surface area (Å²) in [6.45, 7) is 16.2. The lowest BCUT2D eigenvalue weighted by atomic mass is 10.4. The minimum absolute atomic E-state index is 0.461. The summed E-state index contributed by atoms with van der Waals surface area (Å²) in [7, 11) is -1.98. The molecule has 0 spiro atoms. The summed E-state index contributed by atoms with van der Waals surface area (Å²) >= 11 is 0. The zero-order chi connectivity index (χ0) is 12.8. The molecule has 0 saturated heterocycles. The highest BCUT2D eigenvalue weighted by atomic mass is 28.4. The lowest BCUT2D eigenvalue weighted by Gasteiger charge is -2.38. The summed E-state index contributed by atoms with van der Waals surface area (Å²) in [5.74, 6) is 0. The zero-order valence-corrected chi connectivity index (χ0v) is 12.9. The van der Waals surface area contributed by atoms with Gasteiger partial charge in [-0.25, -0.2) is 0 Å². The first-order valence-electron chi connectivity index (χ1n) is 6.39. The minimum atomic E-state index is -1.98. The van der Waals surface area contributed by atoms with Crippen LogP contribution in [0.2, 0.25) is 0 Å². The van der Waals surface area contributed by atoms with Gasteiger partial charge < -0.3 is 4.98 Å². The fourth-order valence-electron chi connectivity index (χ4n) is 1.84. The maximum absolute atomic E-state index is 3.66. The third-order valence-corrected chi connectivity index (χ3v) is 5.87. The summed E-state index contributed by atoms with van der Waals surface area (Å²) in [5.41, 5.74) is 0. The van der Waals surface area contributed by atoms with E-state index < -0.39 is 8.72 Å². The van der Waals surface area contributed by atoms with Crippen molar-refractivity contribution >= 4 is 8.72 Å². The van der Waals surface area contributed by atoms with E-state index >= 15 is 0 Å². The molecule has 0 atom stereocenters. The van der Waals surface area contributed by atoms with E-state index in [1.807, 2.05) is 0 Å². The van der Waals surface area contributed by atoms with E-state index in [2.05, 4.69) is 68.4 Å². The first-order valence-corrected chi connectivity index (χ1v) is 8.39. The van der Waals surface area contributed by atoms with Gasteiger partial charge in [-0.05, 0) is 24.7 Å². The Morgan fingerprint density at radius 2 is 1.06 bits per heavy atom. The molecule has 0 rings (SSSR count).